The lowest BCUT2D eigenvalue weighted by atomic mass is 9.86. The fraction of sp³-hybridized carbons (Fsp3) is 0.562. The van der Waals surface area contributed by atoms with E-state index in [1.165, 1.54) is 13.8 Å². The third-order valence-electron chi connectivity index (χ3n) is 4.57. The number of hydrogen-bond acceptors (Lipinski definition) is 4. The van der Waals surface area contributed by atoms with E-state index in [0.717, 1.165) is 5.56 Å². The van der Waals surface area contributed by atoms with Crippen molar-refractivity contribution in [2.24, 2.45) is 5.92 Å². The molecule has 7 heteroatoms. The third-order valence-corrected chi connectivity index (χ3v) is 6.16. The maximum absolute atomic E-state index is 13.4. The van der Waals surface area contributed by atoms with Crippen LogP contribution in [0.5, 0.6) is 0 Å². The first-order chi connectivity index (χ1) is 10.7. The number of hydrogen-bond donors (Lipinski definition) is 0. The Kier molecular flexibility index (Phi) is 5.29. The minimum Gasteiger partial charge on any atom is -0.445 e. The molecule has 0 saturated carbocycles. The average Bonchev–Trinajstić information content (AvgIpc) is 2.52. The van der Waals surface area contributed by atoms with Crippen LogP contribution in [0.4, 0.5) is 8.68 Å². The number of rotatable bonds is 4. The minimum atomic E-state index is -4.62. The van der Waals surface area contributed by atoms with Gasteiger partial charge in [0.25, 0.3) is 0 Å². The molecule has 0 bridgehead atoms. The van der Waals surface area contributed by atoms with Crippen LogP contribution in [0.25, 0.3) is 0 Å². The van der Waals surface area contributed by atoms with Crippen molar-refractivity contribution in [2.75, 3.05) is 13.1 Å². The summed E-state index contributed by atoms with van der Waals surface area (Å²) in [6.07, 6.45) is 0.459. The number of nitrogens with zero attached hydrogens (tertiary/aromatic N) is 1. The van der Waals surface area contributed by atoms with Gasteiger partial charge in [-0.05, 0) is 38.2 Å². The number of carbonyl (C=O) groups excluding carboxylic acids is 1. The molecule has 1 aliphatic rings. The van der Waals surface area contributed by atoms with Crippen molar-refractivity contribution in [1.82, 2.24) is 4.90 Å². The molecule has 0 radical (unpaired) electrons. The van der Waals surface area contributed by atoms with Crippen LogP contribution in [0, 0.1) is 5.92 Å². The van der Waals surface area contributed by atoms with E-state index in [1.807, 2.05) is 30.3 Å². The summed E-state index contributed by atoms with van der Waals surface area (Å²) < 4.78 is 39.7. The van der Waals surface area contributed by atoms with Crippen molar-refractivity contribution in [1.29, 1.82) is 0 Å². The monoisotopic (exact) mass is 343 g/mol. The molecule has 0 spiro atoms. The molecule has 0 N–H and O–H groups in total. The molecule has 0 aromatic heterocycles. The average molecular weight is 343 g/mol. The molecule has 0 unspecified atom stereocenters. The van der Waals surface area contributed by atoms with E-state index in [-0.39, 0.29) is 12.5 Å². The Labute approximate surface area is 136 Å². The predicted molar refractivity (Wildman–Crippen MR) is 85.0 cm³/mol. The highest BCUT2D eigenvalue weighted by Crippen LogP contribution is 2.35. The van der Waals surface area contributed by atoms with Crippen LogP contribution in [0.1, 0.15) is 32.3 Å². The molecule has 23 heavy (non-hydrogen) atoms. The van der Waals surface area contributed by atoms with Gasteiger partial charge in [-0.25, -0.2) is 4.79 Å². The van der Waals surface area contributed by atoms with Crippen molar-refractivity contribution >= 4 is 16.3 Å². The molecule has 1 saturated heterocycles. The fourth-order valence-corrected chi connectivity index (χ4v) is 3.40. The number of ether oxygens (including phenoxy) is 1. The molecule has 128 valence electrons. The van der Waals surface area contributed by atoms with Crippen LogP contribution in [-0.4, -0.2) is 37.2 Å². The van der Waals surface area contributed by atoms with Crippen LogP contribution >= 0.6 is 0 Å². The molecule has 2 rings (SSSR count). The van der Waals surface area contributed by atoms with Gasteiger partial charge in [-0.1, -0.05) is 30.3 Å². The Morgan fingerprint density at radius 3 is 2.35 bits per heavy atom. The highest BCUT2D eigenvalue weighted by Gasteiger charge is 2.43. The molecule has 1 aromatic rings. The number of piperidine rings is 1. The van der Waals surface area contributed by atoms with E-state index < -0.39 is 21.1 Å². The van der Waals surface area contributed by atoms with Crippen LogP contribution < -0.4 is 0 Å². The van der Waals surface area contributed by atoms with E-state index >= 15 is 0 Å². The van der Waals surface area contributed by atoms with E-state index in [0.29, 0.717) is 25.9 Å². The quantitative estimate of drug-likeness (QED) is 0.788. The maximum atomic E-state index is 13.4. The number of benzene rings is 1. The second-order valence-corrected chi connectivity index (χ2v) is 8.27. The Hall–Kier alpha value is -1.63. The van der Waals surface area contributed by atoms with E-state index in [4.69, 9.17) is 4.74 Å². The van der Waals surface area contributed by atoms with Gasteiger partial charge in [-0.3, -0.25) is 0 Å². The molecule has 1 amide bonds. The molecule has 5 nitrogen and oxygen atoms in total. The summed E-state index contributed by atoms with van der Waals surface area (Å²) in [5, 5.41) is 0. The van der Waals surface area contributed by atoms with Crippen LogP contribution in [-0.2, 0) is 21.6 Å². The molecule has 1 heterocycles. The van der Waals surface area contributed by atoms with Gasteiger partial charge in [-0.2, -0.15) is 8.42 Å². The Morgan fingerprint density at radius 1 is 1.26 bits per heavy atom. The molecule has 1 aliphatic heterocycles. The topological polar surface area (TPSA) is 63.7 Å². The number of halogens is 1. The smallest absolute Gasteiger partial charge is 0.410 e. The summed E-state index contributed by atoms with van der Waals surface area (Å²) in [5.41, 5.74) is 0.903. The van der Waals surface area contributed by atoms with E-state index in [1.54, 1.807) is 4.90 Å². The first-order valence-corrected chi connectivity index (χ1v) is 9.00. The zero-order valence-corrected chi connectivity index (χ0v) is 14.2. The van der Waals surface area contributed by atoms with E-state index in [9.17, 15) is 17.1 Å². The Morgan fingerprint density at radius 2 is 1.83 bits per heavy atom. The number of carbonyl (C=O) groups is 1. The van der Waals surface area contributed by atoms with Gasteiger partial charge < -0.3 is 9.64 Å². The van der Waals surface area contributed by atoms with Crippen LogP contribution in [0.15, 0.2) is 30.3 Å². The lowest BCUT2D eigenvalue weighted by Crippen LogP contribution is -2.46. The summed E-state index contributed by atoms with van der Waals surface area (Å²) in [4.78, 5) is 13.6. The summed E-state index contributed by atoms with van der Waals surface area (Å²) in [6, 6.07) is 9.36. The third kappa shape index (κ3) is 4.22. The molecule has 0 aliphatic carbocycles. The van der Waals surface area contributed by atoms with Crippen molar-refractivity contribution in [3.63, 3.8) is 0 Å². The zero-order chi connectivity index (χ0) is 17.1. The largest absolute Gasteiger partial charge is 0.445 e. The van der Waals surface area contributed by atoms with Crippen molar-refractivity contribution < 1.29 is 21.8 Å². The highest BCUT2D eigenvalue weighted by molar-refractivity contribution is 7.87. The normalized spacial score (nSPS) is 17.1. The Balaban J connectivity index is 1.85. The molecular weight excluding hydrogens is 321 g/mol. The molecular formula is C16H22FNO4S. The van der Waals surface area contributed by atoms with Gasteiger partial charge in [0.1, 0.15) is 6.61 Å². The lowest BCUT2D eigenvalue weighted by Gasteiger charge is -2.37. The van der Waals surface area contributed by atoms with Crippen LogP contribution in [0.3, 0.4) is 0 Å². The molecule has 1 aromatic carbocycles. The first kappa shape index (κ1) is 17.7. The summed E-state index contributed by atoms with van der Waals surface area (Å²) >= 11 is 0. The van der Waals surface area contributed by atoms with E-state index in [2.05, 4.69) is 0 Å². The fourth-order valence-electron chi connectivity index (χ4n) is 2.77. The second kappa shape index (κ2) is 6.86. The van der Waals surface area contributed by atoms with Crippen molar-refractivity contribution in [3.05, 3.63) is 35.9 Å². The van der Waals surface area contributed by atoms with Crippen molar-refractivity contribution in [2.45, 2.75) is 38.0 Å². The van der Waals surface area contributed by atoms with Crippen molar-refractivity contribution in [3.8, 4) is 0 Å². The van der Waals surface area contributed by atoms with Gasteiger partial charge in [0, 0.05) is 13.1 Å². The summed E-state index contributed by atoms with van der Waals surface area (Å²) in [6.45, 7) is 3.74. The van der Waals surface area contributed by atoms with Gasteiger partial charge in [0.05, 0.1) is 4.75 Å². The highest BCUT2D eigenvalue weighted by atomic mass is 32.3. The van der Waals surface area contributed by atoms with Crippen LogP contribution in [0.2, 0.25) is 0 Å². The van der Waals surface area contributed by atoms with Gasteiger partial charge >= 0.3 is 16.3 Å². The number of likely N-dealkylation sites (tertiary alicyclic amines) is 1. The lowest BCUT2D eigenvalue weighted by molar-refractivity contribution is 0.0789. The summed E-state index contributed by atoms with van der Waals surface area (Å²) in [7, 11) is -4.62. The molecule has 0 atom stereocenters. The number of amides is 1. The maximum Gasteiger partial charge on any atom is 0.410 e. The zero-order valence-electron chi connectivity index (χ0n) is 13.4. The SMILES string of the molecule is CC(C)(C1CCN(C(=O)OCc2ccccc2)CC1)S(=O)(=O)F. The van der Waals surface area contributed by atoms with Gasteiger partial charge in [0.15, 0.2) is 0 Å². The Bertz CT molecular complexity index is 637. The standard InChI is InChI=1S/C16H22FNO4S/c1-16(2,23(17,20)21)14-8-10-18(11-9-14)15(19)22-12-13-6-4-3-5-7-13/h3-7,14H,8-12H2,1-2H3. The molecule has 1 fully saturated rings. The van der Waals surface area contributed by atoms with Gasteiger partial charge in [0.2, 0.25) is 0 Å². The minimum absolute atomic E-state index is 0.198. The first-order valence-electron chi connectivity index (χ1n) is 7.61. The second-order valence-electron chi connectivity index (χ2n) is 6.34. The predicted octanol–water partition coefficient (Wildman–Crippen LogP) is 3.11. The van der Waals surface area contributed by atoms with Gasteiger partial charge in [-0.15, -0.1) is 3.89 Å². The summed E-state index contributed by atoms with van der Waals surface area (Å²) in [5.74, 6) is -0.310.